The molecule has 0 N–H and O–H groups in total. The summed E-state index contributed by atoms with van der Waals surface area (Å²) < 4.78 is 31.6. The van der Waals surface area contributed by atoms with E-state index in [4.69, 9.17) is 23.7 Å². The van der Waals surface area contributed by atoms with E-state index in [1.165, 1.54) is 0 Å². The van der Waals surface area contributed by atoms with E-state index in [2.05, 4.69) is 92.6 Å². The maximum atomic E-state index is 6.35. The van der Waals surface area contributed by atoms with Crippen molar-refractivity contribution < 1.29 is 23.7 Å². The fourth-order valence-corrected chi connectivity index (χ4v) is 7.40. The Kier molecular flexibility index (Phi) is 20.0. The van der Waals surface area contributed by atoms with E-state index >= 15 is 0 Å². The van der Waals surface area contributed by atoms with Crippen LogP contribution in [0.3, 0.4) is 0 Å². The van der Waals surface area contributed by atoms with Crippen molar-refractivity contribution in [3.8, 4) is 0 Å². The molecule has 0 bridgehead atoms. The monoisotopic (exact) mass is 553 g/mol. The van der Waals surface area contributed by atoms with Gasteiger partial charge in [-0.1, -0.05) is 27.7 Å². The summed E-state index contributed by atoms with van der Waals surface area (Å²) in [6.45, 7) is 26.2. The lowest BCUT2D eigenvalue weighted by molar-refractivity contribution is -0.109. The van der Waals surface area contributed by atoms with Gasteiger partial charge in [-0.3, -0.25) is 4.90 Å². The Hall–Kier alpha value is 0.620. The van der Waals surface area contributed by atoms with Crippen molar-refractivity contribution in [2.45, 2.75) is 136 Å². The maximum absolute atomic E-state index is 6.35. The van der Waals surface area contributed by atoms with E-state index in [-0.39, 0.29) is 41.0 Å². The zero-order valence-electron chi connectivity index (χ0n) is 25.3. The predicted octanol–water partition coefficient (Wildman–Crippen LogP) is 6.16. The highest BCUT2D eigenvalue weighted by atomic mass is 31.0. The number of nitrogens with zero attached hydrogens (tertiary/aromatic N) is 1. The molecule has 218 valence electrons. The van der Waals surface area contributed by atoms with Gasteiger partial charge in [0.1, 0.15) is 6.23 Å². The van der Waals surface area contributed by atoms with Crippen molar-refractivity contribution in [1.82, 2.24) is 4.90 Å². The van der Waals surface area contributed by atoms with Crippen molar-refractivity contribution >= 4 is 18.5 Å². The van der Waals surface area contributed by atoms with Crippen molar-refractivity contribution in [3.63, 3.8) is 0 Å². The highest BCUT2D eigenvalue weighted by Crippen LogP contribution is 2.40. The van der Waals surface area contributed by atoms with Gasteiger partial charge in [-0.15, -0.1) is 18.5 Å². The number of ether oxygens (including phenoxy) is 5. The molecule has 0 amide bonds. The minimum Gasteiger partial charge on any atom is -0.377 e. The lowest BCUT2D eigenvalue weighted by Crippen LogP contribution is -2.62. The Balaban J connectivity index is 6.67. The van der Waals surface area contributed by atoms with Crippen LogP contribution >= 0.6 is 18.5 Å². The van der Waals surface area contributed by atoms with Crippen molar-refractivity contribution in [2.75, 3.05) is 46.1 Å². The molecular weight excluding hydrogens is 492 g/mol. The summed E-state index contributed by atoms with van der Waals surface area (Å²) in [5, 5.41) is -0.597. The Morgan fingerprint density at radius 1 is 0.500 bits per heavy atom. The van der Waals surface area contributed by atoms with Gasteiger partial charge in [0.15, 0.2) is 0 Å². The zero-order chi connectivity index (χ0) is 27.8. The molecule has 7 atom stereocenters. The molecule has 0 fully saturated rings. The SMILES string of the molecule is CCOC(C)N(CC(P)(C(CC)OCC)C(CC)OCC)CC(P)(C(CC)OCC)C(CC)OCC. The lowest BCUT2D eigenvalue weighted by atomic mass is 9.87. The average molecular weight is 554 g/mol. The number of hydrogen-bond acceptors (Lipinski definition) is 6. The first-order chi connectivity index (χ1) is 17.1. The molecule has 0 aromatic carbocycles. The Morgan fingerprint density at radius 2 is 0.750 bits per heavy atom. The van der Waals surface area contributed by atoms with Gasteiger partial charge in [0.25, 0.3) is 0 Å². The molecule has 0 aliphatic rings. The standard InChI is InChI=1S/C28H61NO5P2/c1-11-23(31-16-6)27(35,24(12-2)32-17-7)20-29(22(10)30-15-5)21-28(36,25(13-3)33-18-8)26(14-4)34-19-9/h22-26H,11-21,35-36H2,1-10H3. The second-order valence-electron chi connectivity index (χ2n) is 9.59. The molecule has 7 unspecified atom stereocenters. The highest BCUT2D eigenvalue weighted by Gasteiger charge is 2.48. The minimum atomic E-state index is -0.299. The van der Waals surface area contributed by atoms with Crippen LogP contribution in [-0.4, -0.2) is 92.0 Å². The third-order valence-corrected chi connectivity index (χ3v) is 9.08. The van der Waals surface area contributed by atoms with Crippen molar-refractivity contribution in [3.05, 3.63) is 0 Å². The molecular formula is C28H61NO5P2. The van der Waals surface area contributed by atoms with Crippen molar-refractivity contribution in [1.29, 1.82) is 0 Å². The maximum Gasteiger partial charge on any atom is 0.107 e. The molecule has 0 aromatic heterocycles. The van der Waals surface area contributed by atoms with Crippen molar-refractivity contribution in [2.24, 2.45) is 0 Å². The van der Waals surface area contributed by atoms with Gasteiger partial charge in [0.05, 0.1) is 24.4 Å². The molecule has 0 saturated heterocycles. The summed E-state index contributed by atoms with van der Waals surface area (Å²) >= 11 is 0. The summed E-state index contributed by atoms with van der Waals surface area (Å²) in [6, 6.07) is 0. The number of rotatable bonds is 23. The van der Waals surface area contributed by atoms with E-state index in [1.807, 2.05) is 0 Å². The fraction of sp³-hybridized carbons (Fsp3) is 1.00. The van der Waals surface area contributed by atoms with Crippen LogP contribution in [0.5, 0.6) is 0 Å². The van der Waals surface area contributed by atoms with Gasteiger partial charge in [-0.05, 0) is 67.2 Å². The van der Waals surface area contributed by atoms with Crippen LogP contribution < -0.4 is 0 Å². The molecule has 0 aliphatic carbocycles. The largest absolute Gasteiger partial charge is 0.377 e. The average Bonchev–Trinajstić information content (AvgIpc) is 2.86. The van der Waals surface area contributed by atoms with Gasteiger partial charge in [-0.25, -0.2) is 0 Å². The molecule has 8 heteroatoms. The van der Waals surface area contributed by atoms with Crippen LogP contribution in [0, 0.1) is 0 Å². The van der Waals surface area contributed by atoms with Crippen LogP contribution in [0.1, 0.15) is 94.9 Å². The third-order valence-electron chi connectivity index (χ3n) is 7.23. The summed E-state index contributed by atoms with van der Waals surface area (Å²) in [4.78, 5) is 2.47. The van der Waals surface area contributed by atoms with E-state index in [9.17, 15) is 0 Å². The van der Waals surface area contributed by atoms with Crippen LogP contribution in [0.25, 0.3) is 0 Å². The van der Waals surface area contributed by atoms with Crippen LogP contribution in [0.4, 0.5) is 0 Å². The first kappa shape index (κ1) is 36.6. The van der Waals surface area contributed by atoms with Crippen LogP contribution in [0.2, 0.25) is 0 Å². The molecule has 0 saturated carbocycles. The van der Waals surface area contributed by atoms with Crippen LogP contribution in [-0.2, 0) is 23.7 Å². The summed E-state index contributed by atoms with van der Waals surface area (Å²) in [5.41, 5.74) is 0. The summed E-state index contributed by atoms with van der Waals surface area (Å²) in [7, 11) is 6.36. The summed E-state index contributed by atoms with van der Waals surface area (Å²) in [6.07, 6.45) is 3.75. The molecule has 0 rings (SSSR count). The predicted molar refractivity (Wildman–Crippen MR) is 160 cm³/mol. The highest BCUT2D eigenvalue weighted by molar-refractivity contribution is 7.19. The smallest absolute Gasteiger partial charge is 0.107 e. The van der Waals surface area contributed by atoms with E-state index < -0.39 is 0 Å². The molecule has 36 heavy (non-hydrogen) atoms. The lowest BCUT2D eigenvalue weighted by Gasteiger charge is -2.50. The van der Waals surface area contributed by atoms with E-state index in [0.29, 0.717) is 33.0 Å². The quantitative estimate of drug-likeness (QED) is 0.112. The van der Waals surface area contributed by atoms with Gasteiger partial charge in [-0.2, -0.15) is 0 Å². The molecule has 0 heterocycles. The van der Waals surface area contributed by atoms with Gasteiger partial charge < -0.3 is 23.7 Å². The zero-order valence-corrected chi connectivity index (χ0v) is 27.6. The van der Waals surface area contributed by atoms with E-state index in [1.54, 1.807) is 0 Å². The molecule has 0 aromatic rings. The molecule has 0 radical (unpaired) electrons. The van der Waals surface area contributed by atoms with Crippen LogP contribution in [0.15, 0.2) is 0 Å². The first-order valence-electron chi connectivity index (χ1n) is 14.5. The molecule has 0 spiro atoms. The number of hydrogen-bond donors (Lipinski definition) is 0. The minimum absolute atomic E-state index is 0.0435. The fourth-order valence-electron chi connectivity index (χ4n) is 5.60. The Labute approximate surface area is 229 Å². The molecule has 6 nitrogen and oxygen atoms in total. The third kappa shape index (κ3) is 10.3. The topological polar surface area (TPSA) is 49.4 Å². The van der Waals surface area contributed by atoms with Gasteiger partial charge in [0.2, 0.25) is 0 Å². The normalized spacial score (nSPS) is 19.9. The first-order valence-corrected chi connectivity index (χ1v) is 15.7. The van der Waals surface area contributed by atoms with Gasteiger partial charge >= 0.3 is 0 Å². The Bertz CT molecular complexity index is 474. The molecule has 0 aliphatic heterocycles. The second kappa shape index (κ2) is 19.6. The van der Waals surface area contributed by atoms with E-state index in [0.717, 1.165) is 38.8 Å². The van der Waals surface area contributed by atoms with Gasteiger partial charge in [0, 0.05) is 56.4 Å². The second-order valence-corrected chi connectivity index (χ2v) is 11.7. The summed E-state index contributed by atoms with van der Waals surface area (Å²) in [5.74, 6) is 0. The Morgan fingerprint density at radius 3 is 0.944 bits per heavy atom.